The zero-order valence-electron chi connectivity index (χ0n) is 7.29. The van der Waals surface area contributed by atoms with Crippen LogP contribution in [-0.4, -0.2) is 19.3 Å². The average Bonchev–Trinajstić information content (AvgIpc) is 2.43. The largest absolute Gasteiger partial charge is 0.465 e. The maximum Gasteiger partial charge on any atom is 0.350 e. The highest BCUT2D eigenvalue weighted by atomic mass is 32.2. The lowest BCUT2D eigenvalue weighted by atomic mass is 10.3. The molecule has 0 amide bonds. The van der Waals surface area contributed by atoms with Crippen molar-refractivity contribution >= 4 is 40.4 Å². The van der Waals surface area contributed by atoms with E-state index in [2.05, 4.69) is 4.74 Å². The van der Waals surface area contributed by atoms with Crippen LogP contribution in [0.1, 0.15) is 9.67 Å². The van der Waals surface area contributed by atoms with E-state index in [0.29, 0.717) is 16.3 Å². The topological polar surface area (TPSA) is 78.3 Å². The molecule has 0 aromatic carbocycles. The summed E-state index contributed by atoms with van der Waals surface area (Å²) in [5.41, 5.74) is 12.1. The molecule has 4 N–H and O–H groups in total. The fraction of sp³-hybridized carbons (Fsp3) is 0.286. The van der Waals surface area contributed by atoms with Gasteiger partial charge in [0.2, 0.25) is 0 Å². The second-order valence-electron chi connectivity index (χ2n) is 2.24. The molecule has 0 aliphatic carbocycles. The molecule has 6 heteroatoms. The van der Waals surface area contributed by atoms with Gasteiger partial charge in [-0.3, -0.25) is 0 Å². The van der Waals surface area contributed by atoms with Gasteiger partial charge in [-0.15, -0.1) is 23.1 Å². The Bertz CT molecular complexity index is 335. The third-order valence-electron chi connectivity index (χ3n) is 1.51. The lowest BCUT2D eigenvalue weighted by Crippen LogP contribution is -2.02. The minimum Gasteiger partial charge on any atom is -0.465 e. The molecule has 1 heterocycles. The molecule has 0 aliphatic rings. The maximum absolute atomic E-state index is 11.2. The monoisotopic (exact) mass is 218 g/mol. The molecule has 0 atom stereocenters. The molecule has 0 aliphatic heterocycles. The van der Waals surface area contributed by atoms with E-state index in [9.17, 15) is 4.79 Å². The fourth-order valence-corrected chi connectivity index (χ4v) is 2.54. The van der Waals surface area contributed by atoms with Gasteiger partial charge >= 0.3 is 5.97 Å². The summed E-state index contributed by atoms with van der Waals surface area (Å²) in [6.07, 6.45) is 1.88. The molecule has 0 fully saturated rings. The van der Waals surface area contributed by atoms with Crippen molar-refractivity contribution in [3.05, 3.63) is 4.88 Å². The van der Waals surface area contributed by atoms with Crippen molar-refractivity contribution < 1.29 is 9.53 Å². The van der Waals surface area contributed by atoms with Crippen LogP contribution in [0.4, 0.5) is 11.4 Å². The number of ether oxygens (including phenoxy) is 1. The Hall–Kier alpha value is -0.880. The van der Waals surface area contributed by atoms with E-state index in [0.717, 1.165) is 4.21 Å². The number of esters is 1. The second kappa shape index (κ2) is 3.89. The summed E-state index contributed by atoms with van der Waals surface area (Å²) in [4.78, 5) is 11.5. The molecule has 0 saturated carbocycles. The van der Waals surface area contributed by atoms with Crippen molar-refractivity contribution in [3.63, 3.8) is 0 Å². The number of hydrogen-bond acceptors (Lipinski definition) is 6. The van der Waals surface area contributed by atoms with E-state index >= 15 is 0 Å². The molecule has 1 aromatic rings. The van der Waals surface area contributed by atoms with Crippen LogP contribution in [0.5, 0.6) is 0 Å². The summed E-state index contributed by atoms with van der Waals surface area (Å²) in [5.74, 6) is -0.436. The smallest absolute Gasteiger partial charge is 0.350 e. The van der Waals surface area contributed by atoms with Crippen molar-refractivity contribution in [2.24, 2.45) is 0 Å². The number of nitrogens with two attached hydrogens (primary N) is 2. The van der Waals surface area contributed by atoms with E-state index in [4.69, 9.17) is 11.5 Å². The summed E-state index contributed by atoms with van der Waals surface area (Å²) in [6.45, 7) is 0. The van der Waals surface area contributed by atoms with Crippen LogP contribution in [0.2, 0.25) is 0 Å². The molecule has 4 nitrogen and oxygen atoms in total. The van der Waals surface area contributed by atoms with Gasteiger partial charge in [-0.25, -0.2) is 4.79 Å². The van der Waals surface area contributed by atoms with Crippen LogP contribution in [0.3, 0.4) is 0 Å². The van der Waals surface area contributed by atoms with Gasteiger partial charge < -0.3 is 16.2 Å². The highest BCUT2D eigenvalue weighted by molar-refractivity contribution is 8.00. The Balaban J connectivity index is 3.17. The molecule has 13 heavy (non-hydrogen) atoms. The summed E-state index contributed by atoms with van der Waals surface area (Å²) in [7, 11) is 1.32. The summed E-state index contributed by atoms with van der Waals surface area (Å²) >= 11 is 2.72. The van der Waals surface area contributed by atoms with Gasteiger partial charge in [0.25, 0.3) is 0 Å². The molecular weight excluding hydrogens is 208 g/mol. The number of nitrogen functional groups attached to an aromatic ring is 2. The van der Waals surface area contributed by atoms with Gasteiger partial charge in [0.15, 0.2) is 0 Å². The van der Waals surface area contributed by atoms with Gasteiger partial charge in [0.1, 0.15) is 4.88 Å². The van der Waals surface area contributed by atoms with Crippen molar-refractivity contribution in [2.45, 2.75) is 4.21 Å². The number of thioether (sulfide) groups is 1. The standard InChI is InChI=1S/C7H10N2O2S2/c1-11-6(10)5-3(8)4(9)7(12-2)13-5/h8-9H2,1-2H3. The Morgan fingerprint density at radius 2 is 2.08 bits per heavy atom. The van der Waals surface area contributed by atoms with Crippen LogP contribution >= 0.6 is 23.1 Å². The highest BCUT2D eigenvalue weighted by Crippen LogP contribution is 2.39. The number of methoxy groups -OCH3 is 1. The maximum atomic E-state index is 11.2. The first kappa shape index (κ1) is 10.2. The van der Waals surface area contributed by atoms with Crippen molar-refractivity contribution in [3.8, 4) is 0 Å². The Labute approximate surface area is 84.2 Å². The predicted octanol–water partition coefficient (Wildman–Crippen LogP) is 1.42. The van der Waals surface area contributed by atoms with E-state index in [1.54, 1.807) is 0 Å². The first-order valence-corrected chi connectivity index (χ1v) is 5.46. The van der Waals surface area contributed by atoms with E-state index < -0.39 is 5.97 Å². The third-order valence-corrected chi connectivity index (χ3v) is 3.84. The summed E-state index contributed by atoms with van der Waals surface area (Å²) in [6, 6.07) is 0. The lowest BCUT2D eigenvalue weighted by Gasteiger charge is -1.95. The van der Waals surface area contributed by atoms with Crippen LogP contribution in [-0.2, 0) is 4.74 Å². The van der Waals surface area contributed by atoms with Crippen molar-refractivity contribution in [2.75, 3.05) is 24.8 Å². The Morgan fingerprint density at radius 3 is 2.46 bits per heavy atom. The van der Waals surface area contributed by atoms with Crippen LogP contribution in [0.15, 0.2) is 4.21 Å². The SMILES string of the molecule is COC(=O)c1sc(SC)c(N)c1N. The summed E-state index contributed by atoms with van der Waals surface area (Å²) in [5, 5.41) is 0. The molecule has 1 rings (SSSR count). The number of carbonyl (C=O) groups is 1. The molecule has 0 spiro atoms. The van der Waals surface area contributed by atoms with Crippen molar-refractivity contribution in [1.29, 1.82) is 0 Å². The minimum atomic E-state index is -0.436. The van der Waals surface area contributed by atoms with Gasteiger partial charge in [-0.1, -0.05) is 0 Å². The van der Waals surface area contributed by atoms with Gasteiger partial charge in [-0.2, -0.15) is 0 Å². The first-order chi connectivity index (χ1) is 6.11. The molecular formula is C7H10N2O2S2. The number of thiophene rings is 1. The first-order valence-electron chi connectivity index (χ1n) is 3.41. The molecule has 72 valence electrons. The Morgan fingerprint density at radius 1 is 1.46 bits per heavy atom. The molecule has 0 bridgehead atoms. The highest BCUT2D eigenvalue weighted by Gasteiger charge is 2.18. The average molecular weight is 218 g/mol. The van der Waals surface area contributed by atoms with Gasteiger partial charge in [0.05, 0.1) is 22.7 Å². The third kappa shape index (κ3) is 1.73. The molecule has 1 aromatic heterocycles. The van der Waals surface area contributed by atoms with E-state index in [-0.39, 0.29) is 0 Å². The lowest BCUT2D eigenvalue weighted by molar-refractivity contribution is 0.0607. The quantitative estimate of drug-likeness (QED) is 0.580. The van der Waals surface area contributed by atoms with E-state index in [1.165, 1.54) is 30.2 Å². The van der Waals surface area contributed by atoms with Gasteiger partial charge in [0, 0.05) is 0 Å². The molecule has 0 radical (unpaired) electrons. The zero-order valence-corrected chi connectivity index (χ0v) is 8.92. The summed E-state index contributed by atoms with van der Waals surface area (Å²) < 4.78 is 5.40. The second-order valence-corrected chi connectivity index (χ2v) is 4.34. The van der Waals surface area contributed by atoms with Gasteiger partial charge in [-0.05, 0) is 6.26 Å². The zero-order chi connectivity index (χ0) is 10.0. The van der Waals surface area contributed by atoms with E-state index in [1.807, 2.05) is 6.26 Å². The predicted molar refractivity (Wildman–Crippen MR) is 56.3 cm³/mol. The van der Waals surface area contributed by atoms with Crippen LogP contribution < -0.4 is 11.5 Å². The molecule has 0 unspecified atom stereocenters. The Kier molecular flexibility index (Phi) is 3.05. The normalized spacial score (nSPS) is 10.0. The van der Waals surface area contributed by atoms with Crippen molar-refractivity contribution in [1.82, 2.24) is 0 Å². The number of rotatable bonds is 2. The molecule has 0 saturated heterocycles. The van der Waals surface area contributed by atoms with Crippen LogP contribution in [0.25, 0.3) is 0 Å². The number of carbonyl (C=O) groups excluding carboxylic acids is 1. The van der Waals surface area contributed by atoms with Crippen LogP contribution in [0, 0.1) is 0 Å². The fourth-order valence-electron chi connectivity index (χ4n) is 0.831. The minimum absolute atomic E-state index is 0.321. The number of anilines is 2. The number of hydrogen-bond donors (Lipinski definition) is 2.